The third-order valence-electron chi connectivity index (χ3n) is 4.21. The standard InChI is InChI=1S/C21H27NO3/c1-13(2)18-9-6-14(3)10-20(18)25-16(5)21(24)22-19-11-17(12-23)8-7-15(19)4/h6-11,13,16,23H,12H2,1-5H3,(H,22,24). The zero-order valence-corrected chi connectivity index (χ0v) is 15.6. The molecule has 0 spiro atoms. The van der Waals surface area contributed by atoms with Crippen LogP contribution in [0.25, 0.3) is 0 Å². The van der Waals surface area contributed by atoms with Crippen LogP contribution in [0.1, 0.15) is 48.9 Å². The zero-order chi connectivity index (χ0) is 18.6. The highest BCUT2D eigenvalue weighted by Crippen LogP contribution is 2.28. The number of nitrogens with one attached hydrogen (secondary N) is 1. The van der Waals surface area contributed by atoms with Crippen LogP contribution in [0, 0.1) is 13.8 Å². The number of aryl methyl sites for hydroxylation is 2. The van der Waals surface area contributed by atoms with Crippen molar-refractivity contribution in [3.05, 3.63) is 58.7 Å². The van der Waals surface area contributed by atoms with Gasteiger partial charge in [0.1, 0.15) is 5.75 Å². The number of hydrogen-bond acceptors (Lipinski definition) is 3. The van der Waals surface area contributed by atoms with Gasteiger partial charge in [0.25, 0.3) is 5.91 Å². The topological polar surface area (TPSA) is 58.6 Å². The van der Waals surface area contributed by atoms with E-state index in [4.69, 9.17) is 4.74 Å². The average Bonchev–Trinajstić information content (AvgIpc) is 2.56. The fourth-order valence-corrected chi connectivity index (χ4v) is 2.60. The van der Waals surface area contributed by atoms with Crippen LogP contribution in [-0.2, 0) is 11.4 Å². The van der Waals surface area contributed by atoms with Gasteiger partial charge in [0.15, 0.2) is 6.10 Å². The van der Waals surface area contributed by atoms with E-state index in [1.165, 1.54) is 0 Å². The third-order valence-corrected chi connectivity index (χ3v) is 4.21. The molecule has 0 aliphatic rings. The molecule has 2 N–H and O–H groups in total. The molecule has 1 amide bonds. The molecule has 0 fully saturated rings. The van der Waals surface area contributed by atoms with Crippen molar-refractivity contribution in [2.24, 2.45) is 0 Å². The molecule has 1 unspecified atom stereocenters. The SMILES string of the molecule is Cc1ccc(C(C)C)c(OC(C)C(=O)Nc2cc(CO)ccc2C)c1. The lowest BCUT2D eigenvalue weighted by molar-refractivity contribution is -0.122. The van der Waals surface area contributed by atoms with Crippen LogP contribution >= 0.6 is 0 Å². The van der Waals surface area contributed by atoms with Crippen LogP contribution in [-0.4, -0.2) is 17.1 Å². The number of carbonyl (C=O) groups is 1. The van der Waals surface area contributed by atoms with E-state index in [2.05, 4.69) is 31.3 Å². The Kier molecular flexibility index (Phi) is 6.21. The summed E-state index contributed by atoms with van der Waals surface area (Å²) in [5.41, 5.74) is 4.58. The first-order valence-corrected chi connectivity index (χ1v) is 8.60. The first-order chi connectivity index (χ1) is 11.8. The number of carbonyl (C=O) groups excluding carboxylic acids is 1. The lowest BCUT2D eigenvalue weighted by Gasteiger charge is -2.20. The summed E-state index contributed by atoms with van der Waals surface area (Å²) in [6.07, 6.45) is -0.628. The van der Waals surface area contributed by atoms with E-state index in [0.29, 0.717) is 11.6 Å². The van der Waals surface area contributed by atoms with Crippen molar-refractivity contribution in [2.45, 2.75) is 53.2 Å². The molecule has 1 atom stereocenters. The molecule has 0 aliphatic heterocycles. The number of amides is 1. The minimum Gasteiger partial charge on any atom is -0.481 e. The van der Waals surface area contributed by atoms with Gasteiger partial charge < -0.3 is 15.2 Å². The maximum atomic E-state index is 12.5. The molecule has 0 heterocycles. The molecule has 0 bridgehead atoms. The van der Waals surface area contributed by atoms with Gasteiger partial charge in [-0.25, -0.2) is 0 Å². The summed E-state index contributed by atoms with van der Waals surface area (Å²) < 4.78 is 5.96. The Morgan fingerprint density at radius 2 is 1.84 bits per heavy atom. The van der Waals surface area contributed by atoms with Crippen LogP contribution in [0.5, 0.6) is 5.75 Å². The molecule has 2 aromatic rings. The van der Waals surface area contributed by atoms with E-state index in [9.17, 15) is 9.90 Å². The third kappa shape index (κ3) is 4.83. The first kappa shape index (κ1) is 19.0. The van der Waals surface area contributed by atoms with E-state index < -0.39 is 6.10 Å². The second-order valence-electron chi connectivity index (χ2n) is 6.75. The van der Waals surface area contributed by atoms with Gasteiger partial charge in [0, 0.05) is 5.69 Å². The normalized spacial score (nSPS) is 12.1. The van der Waals surface area contributed by atoms with Gasteiger partial charge in [0.05, 0.1) is 6.61 Å². The zero-order valence-electron chi connectivity index (χ0n) is 15.6. The number of anilines is 1. The van der Waals surface area contributed by atoms with Crippen molar-refractivity contribution in [2.75, 3.05) is 5.32 Å². The lowest BCUT2D eigenvalue weighted by atomic mass is 10.0. The van der Waals surface area contributed by atoms with Gasteiger partial charge in [-0.05, 0) is 61.1 Å². The summed E-state index contributed by atoms with van der Waals surface area (Å²) in [5, 5.41) is 12.2. The molecule has 0 saturated heterocycles. The number of hydrogen-bond donors (Lipinski definition) is 2. The summed E-state index contributed by atoms with van der Waals surface area (Å²) in [4.78, 5) is 12.5. The van der Waals surface area contributed by atoms with Crippen molar-refractivity contribution in [3.63, 3.8) is 0 Å². The highest BCUT2D eigenvalue weighted by Gasteiger charge is 2.18. The number of aliphatic hydroxyl groups is 1. The molecule has 4 heteroatoms. The predicted molar refractivity (Wildman–Crippen MR) is 101 cm³/mol. The molecular formula is C21H27NO3. The molecule has 2 rings (SSSR count). The van der Waals surface area contributed by atoms with E-state index in [0.717, 1.165) is 28.0 Å². The molecule has 0 aromatic heterocycles. The van der Waals surface area contributed by atoms with Crippen molar-refractivity contribution < 1.29 is 14.6 Å². The Labute approximate surface area is 149 Å². The largest absolute Gasteiger partial charge is 0.481 e. The Balaban J connectivity index is 2.15. The van der Waals surface area contributed by atoms with Gasteiger partial charge in [-0.15, -0.1) is 0 Å². The summed E-state index contributed by atoms with van der Waals surface area (Å²) >= 11 is 0. The van der Waals surface area contributed by atoms with E-state index in [-0.39, 0.29) is 12.5 Å². The summed E-state index contributed by atoms with van der Waals surface area (Å²) in [6.45, 7) is 9.81. The maximum absolute atomic E-state index is 12.5. The summed E-state index contributed by atoms with van der Waals surface area (Å²) in [7, 11) is 0. The van der Waals surface area contributed by atoms with E-state index in [1.807, 2.05) is 32.0 Å². The minimum atomic E-state index is -0.628. The number of rotatable bonds is 6. The molecule has 0 aliphatic carbocycles. The summed E-state index contributed by atoms with van der Waals surface area (Å²) in [6, 6.07) is 11.6. The fourth-order valence-electron chi connectivity index (χ4n) is 2.60. The van der Waals surface area contributed by atoms with Crippen molar-refractivity contribution >= 4 is 11.6 Å². The molecular weight excluding hydrogens is 314 g/mol. The molecule has 25 heavy (non-hydrogen) atoms. The first-order valence-electron chi connectivity index (χ1n) is 8.60. The van der Waals surface area contributed by atoms with Crippen molar-refractivity contribution in [3.8, 4) is 5.75 Å². The highest BCUT2D eigenvalue weighted by molar-refractivity contribution is 5.94. The van der Waals surface area contributed by atoms with Crippen molar-refractivity contribution in [1.82, 2.24) is 0 Å². The van der Waals surface area contributed by atoms with Gasteiger partial charge in [-0.2, -0.15) is 0 Å². The van der Waals surface area contributed by atoms with Crippen LogP contribution < -0.4 is 10.1 Å². The van der Waals surface area contributed by atoms with Crippen molar-refractivity contribution in [1.29, 1.82) is 0 Å². The molecule has 4 nitrogen and oxygen atoms in total. The smallest absolute Gasteiger partial charge is 0.265 e. The molecule has 0 radical (unpaired) electrons. The molecule has 2 aromatic carbocycles. The lowest BCUT2D eigenvalue weighted by Crippen LogP contribution is -2.30. The molecule has 0 saturated carbocycles. The fraction of sp³-hybridized carbons (Fsp3) is 0.381. The number of ether oxygens (including phenoxy) is 1. The predicted octanol–water partition coefficient (Wildman–Crippen LogP) is 4.33. The van der Waals surface area contributed by atoms with E-state index in [1.54, 1.807) is 13.0 Å². The monoisotopic (exact) mass is 341 g/mol. The van der Waals surface area contributed by atoms with Gasteiger partial charge in [-0.3, -0.25) is 4.79 Å². The molecule has 134 valence electrons. The van der Waals surface area contributed by atoms with Gasteiger partial charge in [-0.1, -0.05) is 38.1 Å². The maximum Gasteiger partial charge on any atom is 0.265 e. The second-order valence-corrected chi connectivity index (χ2v) is 6.75. The van der Waals surface area contributed by atoms with Crippen LogP contribution in [0.2, 0.25) is 0 Å². The Morgan fingerprint density at radius 1 is 1.12 bits per heavy atom. The summed E-state index contributed by atoms with van der Waals surface area (Å²) in [5.74, 6) is 0.849. The number of benzene rings is 2. The van der Waals surface area contributed by atoms with Gasteiger partial charge >= 0.3 is 0 Å². The quantitative estimate of drug-likeness (QED) is 0.822. The Hall–Kier alpha value is -2.33. The van der Waals surface area contributed by atoms with Crippen LogP contribution in [0.4, 0.5) is 5.69 Å². The Morgan fingerprint density at radius 3 is 2.48 bits per heavy atom. The van der Waals surface area contributed by atoms with Crippen LogP contribution in [0.3, 0.4) is 0 Å². The number of aliphatic hydroxyl groups excluding tert-OH is 1. The average molecular weight is 341 g/mol. The van der Waals surface area contributed by atoms with Crippen LogP contribution in [0.15, 0.2) is 36.4 Å². The highest BCUT2D eigenvalue weighted by atomic mass is 16.5. The Bertz CT molecular complexity index is 753. The second kappa shape index (κ2) is 8.17. The van der Waals surface area contributed by atoms with E-state index >= 15 is 0 Å². The minimum absolute atomic E-state index is 0.0593. The van der Waals surface area contributed by atoms with Gasteiger partial charge in [0.2, 0.25) is 0 Å².